The molecule has 0 unspecified atom stereocenters. The number of rotatable bonds is 4. The van der Waals surface area contributed by atoms with E-state index in [1.807, 2.05) is 13.0 Å². The minimum atomic E-state index is -0.485. The molecule has 0 N–H and O–H groups in total. The van der Waals surface area contributed by atoms with Gasteiger partial charge < -0.3 is 9.30 Å². The molecule has 0 spiro atoms. The van der Waals surface area contributed by atoms with Crippen LogP contribution >= 0.6 is 11.6 Å². The van der Waals surface area contributed by atoms with E-state index in [2.05, 4.69) is 23.4 Å². The highest BCUT2D eigenvalue weighted by molar-refractivity contribution is 6.30. The number of halogens is 2. The molecule has 0 bridgehead atoms. The van der Waals surface area contributed by atoms with Crippen molar-refractivity contribution in [2.45, 2.75) is 27.3 Å². The van der Waals surface area contributed by atoms with Crippen LogP contribution in [0, 0.1) is 18.7 Å². The van der Waals surface area contributed by atoms with E-state index in [-0.39, 0.29) is 10.7 Å². The number of aromatic nitrogens is 2. The minimum absolute atomic E-state index is 0.0865. The Kier molecular flexibility index (Phi) is 5.01. The van der Waals surface area contributed by atoms with E-state index < -0.39 is 11.8 Å². The highest BCUT2D eigenvalue weighted by Gasteiger charge is 2.20. The number of hydrogen-bond acceptors (Lipinski definition) is 3. The molecule has 0 radical (unpaired) electrons. The summed E-state index contributed by atoms with van der Waals surface area (Å²) in [6, 6.07) is 8.23. The Labute approximate surface area is 156 Å². The van der Waals surface area contributed by atoms with Crippen LogP contribution in [0.3, 0.4) is 0 Å². The zero-order chi connectivity index (χ0) is 19.0. The van der Waals surface area contributed by atoms with Crippen LogP contribution in [-0.2, 0) is 11.3 Å². The number of carbonyl (C=O) groups is 1. The number of hydrogen-bond donors (Lipinski definition) is 0. The van der Waals surface area contributed by atoms with E-state index in [1.165, 1.54) is 13.2 Å². The van der Waals surface area contributed by atoms with Crippen LogP contribution in [-0.4, -0.2) is 22.6 Å². The van der Waals surface area contributed by atoms with Gasteiger partial charge in [-0.1, -0.05) is 31.5 Å². The number of nitrogens with zero attached hydrogens (tertiary/aromatic N) is 2. The molecule has 0 aliphatic heterocycles. The third-order valence-electron chi connectivity index (χ3n) is 4.32. The smallest absolute Gasteiger partial charge is 0.356 e. The lowest BCUT2D eigenvalue weighted by atomic mass is 10.0. The quantitative estimate of drug-likeness (QED) is 0.586. The Morgan fingerprint density at radius 3 is 2.65 bits per heavy atom. The van der Waals surface area contributed by atoms with Crippen LogP contribution in [0.1, 0.15) is 30.0 Å². The molecule has 26 heavy (non-hydrogen) atoms. The number of pyridine rings is 1. The summed E-state index contributed by atoms with van der Waals surface area (Å²) in [4.78, 5) is 16.4. The summed E-state index contributed by atoms with van der Waals surface area (Å²) in [6.45, 7) is 6.92. The van der Waals surface area contributed by atoms with Gasteiger partial charge in [0.2, 0.25) is 0 Å². The van der Waals surface area contributed by atoms with Crippen molar-refractivity contribution in [1.82, 2.24) is 9.55 Å². The first-order chi connectivity index (χ1) is 12.3. The summed E-state index contributed by atoms with van der Waals surface area (Å²) >= 11 is 5.83. The second-order valence-electron chi connectivity index (χ2n) is 6.65. The van der Waals surface area contributed by atoms with E-state index >= 15 is 0 Å². The van der Waals surface area contributed by atoms with Gasteiger partial charge in [0.05, 0.1) is 12.1 Å². The van der Waals surface area contributed by atoms with Crippen molar-refractivity contribution in [3.8, 4) is 11.1 Å². The lowest BCUT2D eigenvalue weighted by Crippen LogP contribution is -2.09. The molecule has 2 heterocycles. The number of fused-ring (bicyclic) bond motifs is 1. The summed E-state index contributed by atoms with van der Waals surface area (Å²) in [5.41, 5.74) is 3.51. The van der Waals surface area contributed by atoms with Gasteiger partial charge in [-0.25, -0.2) is 14.2 Å². The number of benzene rings is 1. The van der Waals surface area contributed by atoms with Crippen LogP contribution in [0.2, 0.25) is 5.02 Å². The fourth-order valence-electron chi connectivity index (χ4n) is 3.16. The second-order valence-corrected chi connectivity index (χ2v) is 7.06. The Hall–Kier alpha value is -2.40. The van der Waals surface area contributed by atoms with Crippen molar-refractivity contribution in [1.29, 1.82) is 0 Å². The van der Waals surface area contributed by atoms with E-state index in [0.717, 1.165) is 28.8 Å². The third kappa shape index (κ3) is 3.19. The maximum absolute atomic E-state index is 14.0. The van der Waals surface area contributed by atoms with Crippen LogP contribution < -0.4 is 0 Å². The molecule has 0 aliphatic rings. The average Bonchev–Trinajstić information content (AvgIpc) is 2.87. The van der Waals surface area contributed by atoms with Gasteiger partial charge in [0, 0.05) is 23.2 Å². The Morgan fingerprint density at radius 2 is 2.04 bits per heavy atom. The first kappa shape index (κ1) is 18.4. The molecule has 0 atom stereocenters. The summed E-state index contributed by atoms with van der Waals surface area (Å²) in [5, 5.41) is 0.945. The third-order valence-corrected chi connectivity index (χ3v) is 4.62. The van der Waals surface area contributed by atoms with Crippen LogP contribution in [0.4, 0.5) is 4.39 Å². The zero-order valence-electron chi connectivity index (χ0n) is 15.1. The standard InChI is InChI=1S/C20H20ClFN2O2/c1-11(2)10-24-12(3)18(13-5-7-15(21)16(22)9-13)14-6-8-17(20(25)26-4)23-19(14)24/h5-9,11H,10H2,1-4H3. The van der Waals surface area contributed by atoms with Gasteiger partial charge in [-0.2, -0.15) is 0 Å². The van der Waals surface area contributed by atoms with Crippen molar-refractivity contribution in [3.63, 3.8) is 0 Å². The summed E-state index contributed by atoms with van der Waals surface area (Å²) in [6.07, 6.45) is 0. The van der Waals surface area contributed by atoms with Gasteiger partial charge in [-0.15, -0.1) is 0 Å². The Balaban J connectivity index is 2.30. The molecule has 0 amide bonds. The van der Waals surface area contributed by atoms with Crippen LogP contribution in [0.5, 0.6) is 0 Å². The lowest BCUT2D eigenvalue weighted by molar-refractivity contribution is 0.0594. The zero-order valence-corrected chi connectivity index (χ0v) is 15.9. The molecule has 0 aliphatic carbocycles. The molecule has 4 nitrogen and oxygen atoms in total. The summed E-state index contributed by atoms with van der Waals surface area (Å²) in [5.74, 6) is -0.573. The molecule has 0 saturated heterocycles. The first-order valence-electron chi connectivity index (χ1n) is 8.37. The molecule has 136 valence electrons. The predicted molar refractivity (Wildman–Crippen MR) is 101 cm³/mol. The monoisotopic (exact) mass is 374 g/mol. The van der Waals surface area contributed by atoms with Crippen molar-refractivity contribution in [3.05, 3.63) is 52.6 Å². The van der Waals surface area contributed by atoms with Gasteiger partial charge in [0.25, 0.3) is 0 Å². The highest BCUT2D eigenvalue weighted by atomic mass is 35.5. The van der Waals surface area contributed by atoms with Crippen LogP contribution in [0.15, 0.2) is 30.3 Å². The minimum Gasteiger partial charge on any atom is -0.464 e. The normalized spacial score (nSPS) is 11.3. The largest absolute Gasteiger partial charge is 0.464 e. The predicted octanol–water partition coefficient (Wildman–Crippen LogP) is 5.25. The number of carbonyl (C=O) groups excluding carboxylic acids is 1. The van der Waals surface area contributed by atoms with Gasteiger partial charge in [0.1, 0.15) is 11.5 Å². The second kappa shape index (κ2) is 7.08. The van der Waals surface area contributed by atoms with E-state index in [4.69, 9.17) is 16.3 Å². The lowest BCUT2D eigenvalue weighted by Gasteiger charge is -2.11. The topological polar surface area (TPSA) is 44.1 Å². The van der Waals surface area contributed by atoms with E-state index in [1.54, 1.807) is 18.2 Å². The molecular formula is C20H20ClFN2O2. The number of esters is 1. The molecular weight excluding hydrogens is 355 g/mol. The molecule has 3 aromatic rings. The molecule has 1 aromatic carbocycles. The van der Waals surface area contributed by atoms with E-state index in [0.29, 0.717) is 11.6 Å². The van der Waals surface area contributed by atoms with Crippen molar-refractivity contribution >= 4 is 28.6 Å². The number of methoxy groups -OCH3 is 1. The molecule has 6 heteroatoms. The Morgan fingerprint density at radius 1 is 1.31 bits per heavy atom. The fourth-order valence-corrected chi connectivity index (χ4v) is 3.28. The molecule has 3 rings (SSSR count). The first-order valence-corrected chi connectivity index (χ1v) is 8.74. The maximum Gasteiger partial charge on any atom is 0.356 e. The summed E-state index contributed by atoms with van der Waals surface area (Å²) in [7, 11) is 1.33. The average molecular weight is 375 g/mol. The number of ether oxygens (including phenoxy) is 1. The van der Waals surface area contributed by atoms with Gasteiger partial charge in [-0.3, -0.25) is 0 Å². The SMILES string of the molecule is COC(=O)c1ccc2c(-c3ccc(Cl)c(F)c3)c(C)n(CC(C)C)c2n1. The Bertz CT molecular complexity index is 995. The van der Waals surface area contributed by atoms with Gasteiger partial charge in [0.15, 0.2) is 5.69 Å². The highest BCUT2D eigenvalue weighted by Crippen LogP contribution is 2.35. The molecule has 0 fully saturated rings. The van der Waals surface area contributed by atoms with Crippen molar-refractivity contribution in [2.75, 3.05) is 7.11 Å². The molecule has 0 saturated carbocycles. The summed E-state index contributed by atoms with van der Waals surface area (Å²) < 4.78 is 20.9. The maximum atomic E-state index is 14.0. The van der Waals surface area contributed by atoms with Crippen LogP contribution in [0.25, 0.3) is 22.2 Å². The van der Waals surface area contributed by atoms with Crippen molar-refractivity contribution in [2.24, 2.45) is 5.92 Å². The van der Waals surface area contributed by atoms with Crippen molar-refractivity contribution < 1.29 is 13.9 Å². The van der Waals surface area contributed by atoms with Gasteiger partial charge >= 0.3 is 5.97 Å². The fraction of sp³-hybridized carbons (Fsp3) is 0.300. The molecule has 2 aromatic heterocycles. The van der Waals surface area contributed by atoms with E-state index in [9.17, 15) is 9.18 Å². The van der Waals surface area contributed by atoms with Gasteiger partial charge in [-0.05, 0) is 42.7 Å².